The van der Waals surface area contributed by atoms with Gasteiger partial charge in [-0.25, -0.2) is 4.28 Å². The van der Waals surface area contributed by atoms with Crippen LogP contribution in [0.1, 0.15) is 39.0 Å². The molecule has 1 aliphatic rings. The van der Waals surface area contributed by atoms with Gasteiger partial charge in [0.2, 0.25) is 0 Å². The second-order valence-electron chi connectivity index (χ2n) is 4.83. The summed E-state index contributed by atoms with van der Waals surface area (Å²) in [7, 11) is 0. The minimum absolute atomic E-state index is 0.00141. The van der Waals surface area contributed by atoms with Crippen LogP contribution in [-0.4, -0.2) is 40.3 Å². The van der Waals surface area contributed by atoms with Gasteiger partial charge in [0.1, 0.15) is 0 Å². The van der Waals surface area contributed by atoms with Crippen LogP contribution in [0, 0.1) is 0 Å². The lowest BCUT2D eigenvalue weighted by molar-refractivity contribution is -0.291. The van der Waals surface area contributed by atoms with E-state index in [2.05, 4.69) is 6.58 Å². The summed E-state index contributed by atoms with van der Waals surface area (Å²) in [5.74, 6) is -0.398. The van der Waals surface area contributed by atoms with Crippen LogP contribution in [0.5, 0.6) is 0 Å². The number of carbonyl (C=O) groups excluding carboxylic acids is 1. The lowest BCUT2D eigenvalue weighted by atomic mass is 9.96. The number of hydrogen-bond donors (Lipinski definition) is 2. The molecule has 0 aromatic rings. The normalized spacial score (nSPS) is 24.4. The smallest absolute Gasteiger partial charge is 0.307 e. The molecule has 3 unspecified atom stereocenters. The zero-order chi connectivity index (χ0) is 15.0. The summed E-state index contributed by atoms with van der Waals surface area (Å²) in [6.07, 6.45) is 5.44. The number of hydroxylamine groups is 2. The number of ether oxygens (including phenoxy) is 1. The van der Waals surface area contributed by atoms with E-state index in [0.717, 1.165) is 25.7 Å². The third-order valence-corrected chi connectivity index (χ3v) is 4.10. The SMILES string of the molecule is C=CC(CC(=O)OCC)N(O)OSC1CCCC(N)C1. The molecular weight excluding hydrogens is 280 g/mol. The molecular formula is C13H24N2O4S. The summed E-state index contributed by atoms with van der Waals surface area (Å²) in [5.41, 5.74) is 5.89. The maximum Gasteiger partial charge on any atom is 0.307 e. The molecule has 1 rings (SSSR count). The number of nitrogens with two attached hydrogens (primary N) is 1. The maximum atomic E-state index is 11.4. The van der Waals surface area contributed by atoms with E-state index in [4.69, 9.17) is 14.8 Å². The molecule has 0 aliphatic heterocycles. The lowest BCUT2D eigenvalue weighted by Crippen LogP contribution is -2.34. The van der Waals surface area contributed by atoms with Gasteiger partial charge in [-0.05, 0) is 31.4 Å². The average molecular weight is 304 g/mol. The van der Waals surface area contributed by atoms with Crippen LogP contribution in [0.4, 0.5) is 0 Å². The fourth-order valence-electron chi connectivity index (χ4n) is 2.07. The first-order valence-electron chi connectivity index (χ1n) is 6.92. The van der Waals surface area contributed by atoms with Gasteiger partial charge in [-0.2, -0.15) is 0 Å². The summed E-state index contributed by atoms with van der Waals surface area (Å²) in [5, 5.41) is 10.7. The van der Waals surface area contributed by atoms with Crippen LogP contribution in [0.3, 0.4) is 0 Å². The molecule has 116 valence electrons. The second kappa shape index (κ2) is 9.36. The van der Waals surface area contributed by atoms with Crippen molar-refractivity contribution in [1.82, 2.24) is 5.23 Å². The van der Waals surface area contributed by atoms with Crippen molar-refractivity contribution < 1.29 is 19.0 Å². The minimum Gasteiger partial charge on any atom is -0.466 e. The van der Waals surface area contributed by atoms with Gasteiger partial charge in [-0.15, -0.1) is 6.58 Å². The van der Waals surface area contributed by atoms with Gasteiger partial charge >= 0.3 is 5.97 Å². The Morgan fingerprint density at radius 3 is 3.00 bits per heavy atom. The number of hydrogen-bond acceptors (Lipinski definition) is 7. The summed E-state index contributed by atoms with van der Waals surface area (Å²) in [4.78, 5) is 11.4. The third kappa shape index (κ3) is 6.23. The fraction of sp³-hybridized carbons (Fsp3) is 0.769. The first-order chi connectivity index (χ1) is 9.56. The van der Waals surface area contributed by atoms with Gasteiger partial charge in [-0.1, -0.05) is 12.5 Å². The Hall–Kier alpha value is -0.600. The van der Waals surface area contributed by atoms with Crippen molar-refractivity contribution in [3.63, 3.8) is 0 Å². The molecule has 1 aliphatic carbocycles. The maximum absolute atomic E-state index is 11.4. The minimum atomic E-state index is -0.626. The zero-order valence-corrected chi connectivity index (χ0v) is 12.7. The Labute approximate surface area is 124 Å². The highest BCUT2D eigenvalue weighted by atomic mass is 32.2. The zero-order valence-electron chi connectivity index (χ0n) is 11.9. The number of nitrogens with zero attached hydrogens (tertiary/aromatic N) is 1. The molecule has 7 heteroatoms. The molecule has 0 aromatic carbocycles. The van der Waals surface area contributed by atoms with Crippen molar-refractivity contribution in [2.45, 2.75) is 56.4 Å². The van der Waals surface area contributed by atoms with E-state index in [-0.39, 0.29) is 17.7 Å². The second-order valence-corrected chi connectivity index (χ2v) is 5.84. The van der Waals surface area contributed by atoms with Crippen LogP contribution in [0.15, 0.2) is 12.7 Å². The standard InChI is InChI=1S/C13H24N2O4S/c1-3-11(9-13(16)18-4-2)15(17)19-20-12-7-5-6-10(14)8-12/h3,10-12,17H,1,4-9,14H2,2H3. The molecule has 0 amide bonds. The fourth-order valence-corrected chi connectivity index (χ4v) is 2.98. The van der Waals surface area contributed by atoms with E-state index >= 15 is 0 Å². The van der Waals surface area contributed by atoms with Gasteiger partial charge in [0.15, 0.2) is 0 Å². The molecule has 0 heterocycles. The van der Waals surface area contributed by atoms with Crippen molar-refractivity contribution in [3.8, 4) is 0 Å². The summed E-state index contributed by atoms with van der Waals surface area (Å²) >= 11 is 1.19. The largest absolute Gasteiger partial charge is 0.466 e. The van der Waals surface area contributed by atoms with E-state index in [9.17, 15) is 10.0 Å². The molecule has 0 saturated heterocycles. The van der Waals surface area contributed by atoms with Crippen LogP contribution >= 0.6 is 12.0 Å². The van der Waals surface area contributed by atoms with Crippen molar-refractivity contribution in [2.24, 2.45) is 5.73 Å². The molecule has 6 nitrogen and oxygen atoms in total. The number of rotatable bonds is 8. The molecule has 1 saturated carbocycles. The number of carbonyl (C=O) groups is 1. The first kappa shape index (κ1) is 17.5. The molecule has 20 heavy (non-hydrogen) atoms. The Kier molecular flexibility index (Phi) is 8.16. The highest BCUT2D eigenvalue weighted by Gasteiger charge is 2.24. The van der Waals surface area contributed by atoms with Crippen LogP contribution in [-0.2, 0) is 13.8 Å². The van der Waals surface area contributed by atoms with E-state index in [1.165, 1.54) is 18.1 Å². The van der Waals surface area contributed by atoms with Crippen LogP contribution in [0.25, 0.3) is 0 Å². The van der Waals surface area contributed by atoms with Gasteiger partial charge < -0.3 is 10.5 Å². The predicted molar refractivity (Wildman–Crippen MR) is 77.8 cm³/mol. The van der Waals surface area contributed by atoms with Gasteiger partial charge in [0.05, 0.1) is 19.1 Å². The predicted octanol–water partition coefficient (Wildman–Crippen LogP) is 2.04. The Bertz CT molecular complexity index is 317. The molecule has 3 atom stereocenters. The van der Waals surface area contributed by atoms with Crippen LogP contribution in [0.2, 0.25) is 0 Å². The van der Waals surface area contributed by atoms with E-state index in [0.29, 0.717) is 11.8 Å². The lowest BCUT2D eigenvalue weighted by Gasteiger charge is -2.27. The van der Waals surface area contributed by atoms with E-state index in [1.807, 2.05) is 0 Å². The third-order valence-electron chi connectivity index (χ3n) is 3.16. The molecule has 1 fully saturated rings. The molecule has 0 bridgehead atoms. The molecule has 0 spiro atoms. The topological polar surface area (TPSA) is 85.0 Å². The first-order valence-corrected chi connectivity index (χ1v) is 7.72. The van der Waals surface area contributed by atoms with Crippen molar-refractivity contribution >= 4 is 18.0 Å². The van der Waals surface area contributed by atoms with Crippen molar-refractivity contribution in [2.75, 3.05) is 6.61 Å². The Morgan fingerprint density at radius 1 is 1.65 bits per heavy atom. The van der Waals surface area contributed by atoms with Crippen molar-refractivity contribution in [1.29, 1.82) is 0 Å². The van der Waals surface area contributed by atoms with Gasteiger partial charge in [0, 0.05) is 23.3 Å². The summed E-state index contributed by atoms with van der Waals surface area (Å²) in [6, 6.07) is -0.425. The quantitative estimate of drug-likeness (QED) is 0.307. The average Bonchev–Trinajstić information content (AvgIpc) is 2.42. The van der Waals surface area contributed by atoms with Gasteiger partial charge in [-0.3, -0.25) is 10.0 Å². The highest BCUT2D eigenvalue weighted by Crippen LogP contribution is 2.29. The van der Waals surface area contributed by atoms with Crippen molar-refractivity contribution in [3.05, 3.63) is 12.7 Å². The van der Waals surface area contributed by atoms with Gasteiger partial charge in [0.25, 0.3) is 0 Å². The van der Waals surface area contributed by atoms with Crippen LogP contribution < -0.4 is 5.73 Å². The summed E-state index contributed by atoms with van der Waals surface area (Å²) in [6.45, 7) is 5.62. The highest BCUT2D eigenvalue weighted by molar-refractivity contribution is 7.95. The number of esters is 1. The Balaban J connectivity index is 2.33. The molecule has 0 radical (unpaired) electrons. The molecule has 3 N–H and O–H groups in total. The van der Waals surface area contributed by atoms with E-state index in [1.54, 1.807) is 6.92 Å². The monoisotopic (exact) mass is 304 g/mol. The Morgan fingerprint density at radius 2 is 2.40 bits per heavy atom. The molecule has 0 aromatic heterocycles. The van der Waals surface area contributed by atoms with E-state index < -0.39 is 12.0 Å². The summed E-state index contributed by atoms with van der Waals surface area (Å²) < 4.78 is 10.1.